The Kier molecular flexibility index (Phi) is 5.06. The Labute approximate surface area is 142 Å². The SMILES string of the molecule is Cc1sc(C(=O)Nc2cccc(Br)c2)cc1S(=O)(=O)N(C)C. The lowest BCUT2D eigenvalue weighted by Crippen LogP contribution is -2.22. The summed E-state index contributed by atoms with van der Waals surface area (Å²) >= 11 is 4.49. The topological polar surface area (TPSA) is 66.5 Å². The molecule has 1 amide bonds. The minimum atomic E-state index is -3.54. The summed E-state index contributed by atoms with van der Waals surface area (Å²) < 4.78 is 26.4. The van der Waals surface area contributed by atoms with Gasteiger partial charge in [-0.15, -0.1) is 11.3 Å². The average molecular weight is 403 g/mol. The Balaban J connectivity index is 2.29. The molecular weight excluding hydrogens is 388 g/mol. The standard InChI is InChI=1S/C14H15BrN2O3S2/c1-9-13(22(19,20)17(2)3)8-12(21-9)14(18)16-11-6-4-5-10(15)7-11/h4-8H,1-3H3,(H,16,18). The van der Waals surface area contributed by atoms with E-state index in [1.807, 2.05) is 6.07 Å². The first-order valence-corrected chi connectivity index (χ1v) is 9.36. The molecule has 5 nitrogen and oxygen atoms in total. The summed E-state index contributed by atoms with van der Waals surface area (Å²) in [6, 6.07) is 8.62. The number of thiophene rings is 1. The third kappa shape index (κ3) is 3.57. The zero-order valence-electron chi connectivity index (χ0n) is 12.3. The van der Waals surface area contributed by atoms with Crippen LogP contribution in [0.1, 0.15) is 14.5 Å². The quantitative estimate of drug-likeness (QED) is 0.852. The van der Waals surface area contributed by atoms with Gasteiger partial charge in [0, 0.05) is 29.1 Å². The van der Waals surface area contributed by atoms with Crippen molar-refractivity contribution in [3.8, 4) is 0 Å². The van der Waals surface area contributed by atoms with Gasteiger partial charge in [-0.25, -0.2) is 12.7 Å². The fourth-order valence-electron chi connectivity index (χ4n) is 1.79. The first-order chi connectivity index (χ1) is 10.2. The van der Waals surface area contributed by atoms with E-state index in [9.17, 15) is 13.2 Å². The van der Waals surface area contributed by atoms with Crippen molar-refractivity contribution in [2.24, 2.45) is 0 Å². The van der Waals surface area contributed by atoms with Crippen LogP contribution in [0.5, 0.6) is 0 Å². The number of sulfonamides is 1. The van der Waals surface area contributed by atoms with Gasteiger partial charge in [-0.3, -0.25) is 4.79 Å². The summed E-state index contributed by atoms with van der Waals surface area (Å²) in [5.41, 5.74) is 0.641. The number of carbonyl (C=O) groups is 1. The van der Waals surface area contributed by atoms with E-state index < -0.39 is 10.0 Å². The third-order valence-corrected chi connectivity index (χ3v) is 6.55. The monoisotopic (exact) mass is 402 g/mol. The number of amides is 1. The van der Waals surface area contributed by atoms with Crippen LogP contribution in [0.15, 0.2) is 39.7 Å². The Morgan fingerprint density at radius 3 is 2.55 bits per heavy atom. The molecule has 0 unspecified atom stereocenters. The second kappa shape index (κ2) is 6.49. The number of halogens is 1. The lowest BCUT2D eigenvalue weighted by molar-refractivity contribution is 0.103. The third-order valence-electron chi connectivity index (χ3n) is 2.94. The number of hydrogen-bond acceptors (Lipinski definition) is 4. The number of hydrogen-bond donors (Lipinski definition) is 1. The molecule has 1 heterocycles. The fourth-order valence-corrected chi connectivity index (χ4v) is 4.54. The zero-order chi connectivity index (χ0) is 16.5. The van der Waals surface area contributed by atoms with Crippen molar-refractivity contribution < 1.29 is 13.2 Å². The average Bonchev–Trinajstić information content (AvgIpc) is 2.81. The van der Waals surface area contributed by atoms with Gasteiger partial charge in [0.2, 0.25) is 10.0 Å². The smallest absolute Gasteiger partial charge is 0.265 e. The lowest BCUT2D eigenvalue weighted by atomic mass is 10.3. The molecule has 118 valence electrons. The summed E-state index contributed by atoms with van der Waals surface area (Å²) in [4.78, 5) is 13.4. The van der Waals surface area contributed by atoms with Crippen LogP contribution in [0.2, 0.25) is 0 Å². The number of carbonyl (C=O) groups excluding carboxylic acids is 1. The van der Waals surface area contributed by atoms with E-state index >= 15 is 0 Å². The Bertz CT molecular complexity index is 813. The molecule has 1 N–H and O–H groups in total. The maximum absolute atomic E-state index is 12.3. The maximum Gasteiger partial charge on any atom is 0.265 e. The van der Waals surface area contributed by atoms with E-state index in [1.54, 1.807) is 25.1 Å². The van der Waals surface area contributed by atoms with Crippen LogP contribution in [0, 0.1) is 6.92 Å². The maximum atomic E-state index is 12.3. The van der Waals surface area contributed by atoms with E-state index in [1.165, 1.54) is 20.2 Å². The Hall–Kier alpha value is -1.22. The normalized spacial score (nSPS) is 11.7. The van der Waals surface area contributed by atoms with Crippen molar-refractivity contribution in [1.29, 1.82) is 0 Å². The van der Waals surface area contributed by atoms with Crippen LogP contribution < -0.4 is 5.32 Å². The zero-order valence-corrected chi connectivity index (χ0v) is 15.5. The van der Waals surface area contributed by atoms with Crippen LogP contribution in [0.25, 0.3) is 0 Å². The second-order valence-electron chi connectivity index (χ2n) is 4.78. The molecule has 2 aromatic rings. The highest BCUT2D eigenvalue weighted by atomic mass is 79.9. The molecule has 0 bridgehead atoms. The molecule has 1 aromatic carbocycles. The number of anilines is 1. The van der Waals surface area contributed by atoms with E-state index in [4.69, 9.17) is 0 Å². The number of aryl methyl sites for hydroxylation is 1. The van der Waals surface area contributed by atoms with Gasteiger partial charge in [-0.05, 0) is 31.2 Å². The van der Waals surface area contributed by atoms with Crippen molar-refractivity contribution in [1.82, 2.24) is 4.31 Å². The van der Waals surface area contributed by atoms with E-state index in [2.05, 4.69) is 21.2 Å². The van der Waals surface area contributed by atoms with Gasteiger partial charge < -0.3 is 5.32 Å². The van der Waals surface area contributed by atoms with Crippen LogP contribution in [-0.2, 0) is 10.0 Å². The molecule has 0 fully saturated rings. The minimum absolute atomic E-state index is 0.168. The molecule has 0 saturated heterocycles. The summed E-state index contributed by atoms with van der Waals surface area (Å²) in [5, 5.41) is 2.75. The highest BCUT2D eigenvalue weighted by Gasteiger charge is 2.24. The molecule has 0 aliphatic heterocycles. The predicted molar refractivity (Wildman–Crippen MR) is 92.0 cm³/mol. The first-order valence-electron chi connectivity index (χ1n) is 6.31. The van der Waals surface area contributed by atoms with Crippen LogP contribution in [0.3, 0.4) is 0 Å². The number of rotatable bonds is 4. The van der Waals surface area contributed by atoms with Crippen LogP contribution >= 0.6 is 27.3 Å². The van der Waals surface area contributed by atoms with Crippen molar-refractivity contribution in [2.45, 2.75) is 11.8 Å². The summed E-state index contributed by atoms with van der Waals surface area (Å²) in [6.45, 7) is 1.69. The van der Waals surface area contributed by atoms with Gasteiger partial charge in [0.1, 0.15) is 0 Å². The van der Waals surface area contributed by atoms with Gasteiger partial charge in [0.15, 0.2) is 0 Å². The molecule has 0 aliphatic rings. The van der Waals surface area contributed by atoms with Crippen molar-refractivity contribution >= 4 is 48.9 Å². The second-order valence-corrected chi connectivity index (χ2v) is 9.08. The van der Waals surface area contributed by atoms with Crippen molar-refractivity contribution in [2.75, 3.05) is 19.4 Å². The van der Waals surface area contributed by atoms with E-state index in [0.29, 0.717) is 15.4 Å². The summed E-state index contributed by atoms with van der Waals surface area (Å²) in [6.07, 6.45) is 0. The number of nitrogens with zero attached hydrogens (tertiary/aromatic N) is 1. The van der Waals surface area contributed by atoms with Crippen molar-refractivity contribution in [3.63, 3.8) is 0 Å². The Morgan fingerprint density at radius 2 is 1.95 bits per heavy atom. The summed E-state index contributed by atoms with van der Waals surface area (Å²) in [7, 11) is -0.612. The number of benzene rings is 1. The number of nitrogens with one attached hydrogen (secondary N) is 1. The van der Waals surface area contributed by atoms with E-state index in [0.717, 1.165) is 20.1 Å². The lowest BCUT2D eigenvalue weighted by Gasteiger charge is -2.10. The summed E-state index contributed by atoms with van der Waals surface area (Å²) in [5.74, 6) is -0.327. The van der Waals surface area contributed by atoms with Crippen LogP contribution in [-0.4, -0.2) is 32.7 Å². The molecule has 0 radical (unpaired) electrons. The minimum Gasteiger partial charge on any atom is -0.321 e. The van der Waals surface area contributed by atoms with Gasteiger partial charge in [0.25, 0.3) is 5.91 Å². The van der Waals surface area contributed by atoms with Gasteiger partial charge >= 0.3 is 0 Å². The predicted octanol–water partition coefficient (Wildman–Crippen LogP) is 3.32. The van der Waals surface area contributed by atoms with Gasteiger partial charge in [0.05, 0.1) is 9.77 Å². The molecular formula is C14H15BrN2O3S2. The molecule has 8 heteroatoms. The highest BCUT2D eigenvalue weighted by Crippen LogP contribution is 2.28. The van der Waals surface area contributed by atoms with Gasteiger partial charge in [-0.1, -0.05) is 22.0 Å². The largest absolute Gasteiger partial charge is 0.321 e. The molecule has 2 rings (SSSR count). The van der Waals surface area contributed by atoms with E-state index in [-0.39, 0.29) is 10.8 Å². The van der Waals surface area contributed by atoms with Crippen molar-refractivity contribution in [3.05, 3.63) is 44.6 Å². The molecule has 0 spiro atoms. The fraction of sp³-hybridized carbons (Fsp3) is 0.214. The molecule has 0 saturated carbocycles. The molecule has 1 aromatic heterocycles. The molecule has 0 atom stereocenters. The van der Waals surface area contributed by atoms with Crippen LogP contribution in [0.4, 0.5) is 5.69 Å². The highest BCUT2D eigenvalue weighted by molar-refractivity contribution is 9.10. The van der Waals surface area contributed by atoms with Gasteiger partial charge in [-0.2, -0.15) is 0 Å². The first kappa shape index (κ1) is 17.1. The molecule has 22 heavy (non-hydrogen) atoms. The Morgan fingerprint density at radius 1 is 1.27 bits per heavy atom. The molecule has 0 aliphatic carbocycles.